The minimum absolute atomic E-state index is 0.00658. The standard InChI is InChI=1S/C27H26N2O7S/c1-17-16-37-24-20(25(31)35-14-18-9-5-3-6-10-18)13-21(23(30)29(24)22(17)26(32)34-2)28-27(33)36-15-19-11-7-4-8-12-19/h3-12,21H,13-16H2,1-2H3,(H,28,33). The fourth-order valence-electron chi connectivity index (χ4n) is 3.93. The maximum atomic E-state index is 13.5. The van der Waals surface area contributed by atoms with Gasteiger partial charge in [-0.3, -0.25) is 9.69 Å². The van der Waals surface area contributed by atoms with Crippen LogP contribution in [0.2, 0.25) is 0 Å². The van der Waals surface area contributed by atoms with Gasteiger partial charge in [0, 0.05) is 12.2 Å². The molecule has 2 amide bonds. The minimum atomic E-state index is -1.16. The van der Waals surface area contributed by atoms with Gasteiger partial charge in [0.2, 0.25) is 0 Å². The van der Waals surface area contributed by atoms with Crippen LogP contribution in [0.4, 0.5) is 4.79 Å². The van der Waals surface area contributed by atoms with E-state index in [4.69, 9.17) is 14.2 Å². The third-order valence-electron chi connectivity index (χ3n) is 5.78. The lowest BCUT2D eigenvalue weighted by Crippen LogP contribution is -2.53. The highest BCUT2D eigenvalue weighted by molar-refractivity contribution is 8.03. The molecule has 0 saturated heterocycles. The molecule has 0 bridgehead atoms. The van der Waals surface area contributed by atoms with Gasteiger partial charge in [-0.2, -0.15) is 0 Å². The van der Waals surface area contributed by atoms with Crippen LogP contribution in [0.3, 0.4) is 0 Å². The van der Waals surface area contributed by atoms with Gasteiger partial charge in [0.15, 0.2) is 0 Å². The number of hydrogen-bond acceptors (Lipinski definition) is 8. The van der Waals surface area contributed by atoms with Crippen molar-refractivity contribution in [3.8, 4) is 0 Å². The molecule has 1 atom stereocenters. The number of nitrogens with one attached hydrogen (secondary N) is 1. The molecule has 10 heteroatoms. The summed E-state index contributed by atoms with van der Waals surface area (Å²) in [5.41, 5.74) is 2.39. The summed E-state index contributed by atoms with van der Waals surface area (Å²) in [7, 11) is 1.22. The average molecular weight is 523 g/mol. The molecule has 0 aromatic heterocycles. The zero-order valence-electron chi connectivity index (χ0n) is 20.4. The summed E-state index contributed by atoms with van der Waals surface area (Å²) in [6, 6.07) is 17.1. The number of thioether (sulfide) groups is 1. The van der Waals surface area contributed by atoms with Crippen LogP contribution in [0, 0.1) is 0 Å². The van der Waals surface area contributed by atoms with Crippen molar-refractivity contribution in [3.63, 3.8) is 0 Å². The van der Waals surface area contributed by atoms with E-state index in [-0.39, 0.29) is 30.9 Å². The summed E-state index contributed by atoms with van der Waals surface area (Å²) < 4.78 is 15.7. The first kappa shape index (κ1) is 26.0. The molecule has 2 aromatic rings. The zero-order valence-corrected chi connectivity index (χ0v) is 21.2. The van der Waals surface area contributed by atoms with E-state index < -0.39 is 30.0 Å². The van der Waals surface area contributed by atoms with Crippen LogP contribution >= 0.6 is 11.8 Å². The lowest BCUT2D eigenvalue weighted by atomic mass is 10.00. The first-order chi connectivity index (χ1) is 17.9. The molecule has 9 nitrogen and oxygen atoms in total. The number of rotatable bonds is 7. The van der Waals surface area contributed by atoms with Crippen LogP contribution in [-0.4, -0.2) is 47.7 Å². The van der Waals surface area contributed by atoms with Crippen molar-refractivity contribution >= 4 is 35.7 Å². The van der Waals surface area contributed by atoms with Crippen LogP contribution in [0.15, 0.2) is 82.5 Å². The van der Waals surface area contributed by atoms with Gasteiger partial charge >= 0.3 is 18.0 Å². The van der Waals surface area contributed by atoms with Crippen molar-refractivity contribution in [3.05, 3.63) is 93.7 Å². The number of methoxy groups -OCH3 is 1. The molecular formula is C27H26N2O7S. The van der Waals surface area contributed by atoms with Gasteiger partial charge in [-0.15, -0.1) is 11.8 Å². The maximum Gasteiger partial charge on any atom is 0.408 e. The number of nitrogens with zero attached hydrogens (tertiary/aromatic N) is 1. The van der Waals surface area contributed by atoms with E-state index in [0.717, 1.165) is 16.0 Å². The van der Waals surface area contributed by atoms with Gasteiger partial charge in [0.25, 0.3) is 5.91 Å². The van der Waals surface area contributed by atoms with Crippen molar-refractivity contribution in [1.82, 2.24) is 10.2 Å². The molecule has 0 radical (unpaired) electrons. The maximum absolute atomic E-state index is 13.5. The number of carbonyl (C=O) groups is 4. The molecule has 0 spiro atoms. The van der Waals surface area contributed by atoms with Crippen molar-refractivity contribution in [2.75, 3.05) is 12.9 Å². The molecular weight excluding hydrogens is 496 g/mol. The summed E-state index contributed by atoms with van der Waals surface area (Å²) in [5.74, 6) is -1.54. The number of alkyl carbamates (subject to hydrolysis) is 1. The van der Waals surface area contributed by atoms with Crippen LogP contribution in [-0.2, 0) is 41.8 Å². The fourth-order valence-corrected chi connectivity index (χ4v) is 5.07. The van der Waals surface area contributed by atoms with Gasteiger partial charge in [0.05, 0.1) is 17.7 Å². The van der Waals surface area contributed by atoms with Gasteiger partial charge in [-0.25, -0.2) is 14.4 Å². The molecule has 2 aromatic carbocycles. The first-order valence-electron chi connectivity index (χ1n) is 11.5. The van der Waals surface area contributed by atoms with E-state index in [9.17, 15) is 19.2 Å². The first-order valence-corrected chi connectivity index (χ1v) is 12.5. The van der Waals surface area contributed by atoms with Crippen LogP contribution in [0.25, 0.3) is 0 Å². The summed E-state index contributed by atoms with van der Waals surface area (Å²) in [5, 5.41) is 2.84. The predicted octanol–water partition coefficient (Wildman–Crippen LogP) is 3.66. The number of benzene rings is 2. The predicted molar refractivity (Wildman–Crippen MR) is 135 cm³/mol. The van der Waals surface area contributed by atoms with E-state index in [0.29, 0.717) is 16.4 Å². The topological polar surface area (TPSA) is 111 Å². The molecule has 192 valence electrons. The Morgan fingerprint density at radius 3 is 2.14 bits per heavy atom. The lowest BCUT2D eigenvalue weighted by Gasteiger charge is -2.38. The Bertz CT molecular complexity index is 1260. The molecule has 2 aliphatic rings. The van der Waals surface area contributed by atoms with Gasteiger partial charge in [-0.05, 0) is 23.6 Å². The Labute approximate surface area is 218 Å². The Morgan fingerprint density at radius 2 is 1.54 bits per heavy atom. The Hall–Kier alpha value is -4.05. The van der Waals surface area contributed by atoms with Gasteiger partial charge < -0.3 is 19.5 Å². The molecule has 37 heavy (non-hydrogen) atoms. The number of hydrogen-bond donors (Lipinski definition) is 1. The number of fused-ring (bicyclic) bond motifs is 1. The number of carbonyl (C=O) groups excluding carboxylic acids is 4. The second kappa shape index (κ2) is 11.8. The highest BCUT2D eigenvalue weighted by Crippen LogP contribution is 2.41. The Balaban J connectivity index is 1.58. The fraction of sp³-hybridized carbons (Fsp3) is 0.259. The monoisotopic (exact) mass is 522 g/mol. The summed E-state index contributed by atoms with van der Waals surface area (Å²) in [4.78, 5) is 53.0. The van der Waals surface area contributed by atoms with Crippen molar-refractivity contribution in [2.24, 2.45) is 0 Å². The highest BCUT2D eigenvalue weighted by atomic mass is 32.2. The molecule has 2 aliphatic heterocycles. The molecule has 2 heterocycles. The molecule has 0 saturated carbocycles. The largest absolute Gasteiger partial charge is 0.464 e. The second-order valence-corrected chi connectivity index (χ2v) is 9.36. The Kier molecular flexibility index (Phi) is 8.29. The molecule has 4 rings (SSSR count). The Morgan fingerprint density at radius 1 is 0.946 bits per heavy atom. The molecule has 0 fully saturated rings. The number of esters is 2. The molecule has 1 N–H and O–H groups in total. The van der Waals surface area contributed by atoms with Crippen LogP contribution in [0.5, 0.6) is 0 Å². The number of amides is 2. The zero-order chi connectivity index (χ0) is 26.4. The third kappa shape index (κ3) is 6.03. The van der Waals surface area contributed by atoms with Crippen molar-refractivity contribution < 1.29 is 33.4 Å². The lowest BCUT2D eigenvalue weighted by molar-refractivity contribution is -0.144. The molecule has 0 aliphatic carbocycles. The highest BCUT2D eigenvalue weighted by Gasteiger charge is 2.44. The summed E-state index contributed by atoms with van der Waals surface area (Å²) >= 11 is 1.25. The van der Waals surface area contributed by atoms with E-state index in [1.807, 2.05) is 48.5 Å². The van der Waals surface area contributed by atoms with E-state index in [1.165, 1.54) is 18.9 Å². The van der Waals surface area contributed by atoms with E-state index in [1.54, 1.807) is 19.1 Å². The van der Waals surface area contributed by atoms with Gasteiger partial charge in [-0.1, -0.05) is 60.7 Å². The quantitative estimate of drug-likeness (QED) is 0.433. The SMILES string of the molecule is COC(=O)C1=C(C)CSC2=C(C(=O)OCc3ccccc3)CC(NC(=O)OCc3ccccc3)C(=O)N21. The number of ether oxygens (including phenoxy) is 3. The average Bonchev–Trinajstić information content (AvgIpc) is 2.92. The van der Waals surface area contributed by atoms with Gasteiger partial charge in [0.1, 0.15) is 25.0 Å². The second-order valence-electron chi connectivity index (χ2n) is 8.39. The van der Waals surface area contributed by atoms with Crippen LogP contribution < -0.4 is 5.32 Å². The van der Waals surface area contributed by atoms with E-state index in [2.05, 4.69) is 5.32 Å². The smallest absolute Gasteiger partial charge is 0.408 e. The summed E-state index contributed by atoms with van der Waals surface area (Å²) in [6.45, 7) is 1.75. The van der Waals surface area contributed by atoms with Crippen molar-refractivity contribution in [1.29, 1.82) is 0 Å². The third-order valence-corrected chi connectivity index (χ3v) is 7.06. The summed E-state index contributed by atoms with van der Waals surface area (Å²) in [6.07, 6.45) is -0.938. The van der Waals surface area contributed by atoms with E-state index >= 15 is 0 Å². The minimum Gasteiger partial charge on any atom is -0.464 e. The normalized spacial score (nSPS) is 17.2. The van der Waals surface area contributed by atoms with Crippen LogP contribution in [0.1, 0.15) is 24.5 Å². The molecule has 1 unspecified atom stereocenters. The van der Waals surface area contributed by atoms with Crippen molar-refractivity contribution in [2.45, 2.75) is 32.6 Å².